The number of carbonyl (C=O) groups excluding carboxylic acids is 1. The zero-order valence-corrected chi connectivity index (χ0v) is 13.0. The van der Waals surface area contributed by atoms with Crippen molar-refractivity contribution >= 4 is 33.5 Å². The van der Waals surface area contributed by atoms with Crippen molar-refractivity contribution < 1.29 is 4.79 Å². The smallest absolute Gasteiger partial charge is 0.165 e. The van der Waals surface area contributed by atoms with Crippen LogP contribution in [0.2, 0.25) is 0 Å². The highest BCUT2D eigenvalue weighted by Crippen LogP contribution is 2.19. The maximum Gasteiger partial charge on any atom is 0.165 e. The van der Waals surface area contributed by atoms with Gasteiger partial charge in [0, 0.05) is 47.1 Å². The third-order valence-corrected chi connectivity index (χ3v) is 5.19. The molecule has 4 heteroatoms. The molecule has 0 spiro atoms. The van der Waals surface area contributed by atoms with Gasteiger partial charge in [-0.1, -0.05) is 34.1 Å². The zero-order chi connectivity index (χ0) is 13.0. The van der Waals surface area contributed by atoms with Gasteiger partial charge < -0.3 is 0 Å². The van der Waals surface area contributed by atoms with E-state index in [4.69, 9.17) is 0 Å². The molecule has 1 unspecified atom stereocenters. The molecular weight excluding hydrogens is 310 g/mol. The molecule has 18 heavy (non-hydrogen) atoms. The van der Waals surface area contributed by atoms with Crippen LogP contribution in [0.15, 0.2) is 28.7 Å². The molecule has 1 saturated heterocycles. The van der Waals surface area contributed by atoms with Crippen LogP contribution >= 0.6 is 27.7 Å². The fourth-order valence-electron chi connectivity index (χ4n) is 2.16. The standard InChI is InChI=1S/C14H18BrNOS/c1-11-10-18-9-8-16(11)7-6-14(17)12-4-2-3-5-13(12)15/h2-5,11H,6-10H2,1H3. The Morgan fingerprint density at radius 1 is 1.50 bits per heavy atom. The minimum absolute atomic E-state index is 0.230. The fourth-order valence-corrected chi connectivity index (χ4v) is 3.75. The summed E-state index contributed by atoms with van der Waals surface area (Å²) in [5.74, 6) is 2.60. The number of rotatable bonds is 4. The highest BCUT2D eigenvalue weighted by Gasteiger charge is 2.19. The Morgan fingerprint density at radius 2 is 2.28 bits per heavy atom. The van der Waals surface area contributed by atoms with Crippen LogP contribution in [-0.2, 0) is 0 Å². The molecule has 1 aliphatic rings. The minimum atomic E-state index is 0.230. The lowest BCUT2D eigenvalue weighted by Gasteiger charge is -2.32. The largest absolute Gasteiger partial charge is 0.299 e. The Kier molecular flexibility index (Phi) is 5.27. The molecule has 1 aromatic carbocycles. The van der Waals surface area contributed by atoms with Crippen molar-refractivity contribution in [3.63, 3.8) is 0 Å². The average Bonchev–Trinajstić information content (AvgIpc) is 2.38. The van der Waals surface area contributed by atoms with E-state index in [1.807, 2.05) is 36.0 Å². The Hall–Kier alpha value is -0.320. The van der Waals surface area contributed by atoms with Crippen LogP contribution in [0.25, 0.3) is 0 Å². The Bertz CT molecular complexity index is 424. The highest BCUT2D eigenvalue weighted by atomic mass is 79.9. The molecule has 2 rings (SSSR count). The molecule has 0 N–H and O–H groups in total. The minimum Gasteiger partial charge on any atom is -0.299 e. The first kappa shape index (κ1) is 14.1. The summed E-state index contributed by atoms with van der Waals surface area (Å²) >= 11 is 5.44. The van der Waals surface area contributed by atoms with Gasteiger partial charge in [0.25, 0.3) is 0 Å². The molecule has 0 amide bonds. The van der Waals surface area contributed by atoms with Crippen LogP contribution in [-0.4, -0.2) is 41.3 Å². The summed E-state index contributed by atoms with van der Waals surface area (Å²) in [6.45, 7) is 4.23. The zero-order valence-electron chi connectivity index (χ0n) is 10.6. The predicted molar refractivity (Wildman–Crippen MR) is 81.4 cm³/mol. The summed E-state index contributed by atoms with van der Waals surface area (Å²) in [7, 11) is 0. The molecule has 0 saturated carbocycles. The van der Waals surface area contributed by atoms with Crippen molar-refractivity contribution in [2.75, 3.05) is 24.6 Å². The molecule has 1 fully saturated rings. The van der Waals surface area contributed by atoms with E-state index in [1.165, 1.54) is 11.5 Å². The maximum atomic E-state index is 12.2. The molecule has 0 bridgehead atoms. The lowest BCUT2D eigenvalue weighted by atomic mass is 10.1. The second-order valence-corrected chi connectivity index (χ2v) is 6.62. The van der Waals surface area contributed by atoms with Crippen molar-refractivity contribution in [3.8, 4) is 0 Å². The van der Waals surface area contributed by atoms with Gasteiger partial charge in [-0.3, -0.25) is 9.69 Å². The summed E-state index contributed by atoms with van der Waals surface area (Å²) in [6, 6.07) is 8.26. The van der Waals surface area contributed by atoms with E-state index in [0.29, 0.717) is 12.5 Å². The number of nitrogens with zero attached hydrogens (tertiary/aromatic N) is 1. The van der Waals surface area contributed by atoms with Crippen LogP contribution in [0, 0.1) is 0 Å². The summed E-state index contributed by atoms with van der Waals surface area (Å²) in [4.78, 5) is 14.6. The van der Waals surface area contributed by atoms with E-state index in [-0.39, 0.29) is 5.78 Å². The van der Waals surface area contributed by atoms with Crippen molar-refractivity contribution in [1.82, 2.24) is 4.90 Å². The van der Waals surface area contributed by atoms with Crippen molar-refractivity contribution in [3.05, 3.63) is 34.3 Å². The van der Waals surface area contributed by atoms with Crippen LogP contribution in [0.3, 0.4) is 0 Å². The number of benzene rings is 1. The van der Waals surface area contributed by atoms with Crippen molar-refractivity contribution in [1.29, 1.82) is 0 Å². The van der Waals surface area contributed by atoms with Gasteiger partial charge in [0.05, 0.1) is 0 Å². The number of thioether (sulfide) groups is 1. The molecule has 1 aromatic rings. The van der Waals surface area contributed by atoms with E-state index in [1.54, 1.807) is 0 Å². The number of ketones is 1. The normalized spacial score (nSPS) is 20.9. The Labute approximate surface area is 121 Å². The number of carbonyl (C=O) groups is 1. The molecule has 1 aliphatic heterocycles. The lowest BCUT2D eigenvalue weighted by molar-refractivity contribution is 0.0957. The van der Waals surface area contributed by atoms with E-state index in [2.05, 4.69) is 27.8 Å². The monoisotopic (exact) mass is 327 g/mol. The molecule has 0 aromatic heterocycles. The van der Waals surface area contributed by atoms with Gasteiger partial charge in [-0.2, -0.15) is 11.8 Å². The van der Waals surface area contributed by atoms with Gasteiger partial charge in [0.1, 0.15) is 0 Å². The molecule has 98 valence electrons. The predicted octanol–water partition coefficient (Wildman–Crippen LogP) is 3.46. The first-order chi connectivity index (χ1) is 8.68. The second kappa shape index (κ2) is 6.73. The van der Waals surface area contributed by atoms with Gasteiger partial charge in [0.2, 0.25) is 0 Å². The third-order valence-electron chi connectivity index (χ3n) is 3.31. The molecular formula is C14H18BrNOS. The van der Waals surface area contributed by atoms with Crippen LogP contribution in [0.4, 0.5) is 0 Å². The molecule has 0 aliphatic carbocycles. The molecule has 1 heterocycles. The first-order valence-corrected chi connectivity index (χ1v) is 8.23. The van der Waals surface area contributed by atoms with Gasteiger partial charge >= 0.3 is 0 Å². The van der Waals surface area contributed by atoms with Gasteiger partial charge in [-0.05, 0) is 13.0 Å². The van der Waals surface area contributed by atoms with E-state index in [9.17, 15) is 4.79 Å². The van der Waals surface area contributed by atoms with E-state index in [0.717, 1.165) is 23.1 Å². The quantitative estimate of drug-likeness (QED) is 0.790. The third kappa shape index (κ3) is 3.59. The summed E-state index contributed by atoms with van der Waals surface area (Å²) in [6.07, 6.45) is 0.609. The number of halogens is 1. The maximum absolute atomic E-state index is 12.2. The van der Waals surface area contributed by atoms with Crippen LogP contribution < -0.4 is 0 Å². The lowest BCUT2D eigenvalue weighted by Crippen LogP contribution is -2.41. The molecule has 1 atom stereocenters. The highest BCUT2D eigenvalue weighted by molar-refractivity contribution is 9.10. The van der Waals surface area contributed by atoms with Crippen LogP contribution in [0.1, 0.15) is 23.7 Å². The summed E-state index contributed by atoms with van der Waals surface area (Å²) < 4.78 is 0.900. The second-order valence-electron chi connectivity index (χ2n) is 4.61. The van der Waals surface area contributed by atoms with Gasteiger partial charge in [0.15, 0.2) is 5.78 Å². The fraction of sp³-hybridized carbons (Fsp3) is 0.500. The van der Waals surface area contributed by atoms with Crippen molar-refractivity contribution in [2.45, 2.75) is 19.4 Å². The molecule has 2 nitrogen and oxygen atoms in total. The number of hydrogen-bond donors (Lipinski definition) is 0. The first-order valence-electron chi connectivity index (χ1n) is 6.28. The number of hydrogen-bond acceptors (Lipinski definition) is 3. The van der Waals surface area contributed by atoms with E-state index >= 15 is 0 Å². The van der Waals surface area contributed by atoms with Gasteiger partial charge in [-0.25, -0.2) is 0 Å². The van der Waals surface area contributed by atoms with Crippen molar-refractivity contribution in [2.24, 2.45) is 0 Å². The van der Waals surface area contributed by atoms with Crippen LogP contribution in [0.5, 0.6) is 0 Å². The number of Topliss-reactive ketones (excluding diaryl/α,β-unsaturated/α-hetero) is 1. The Balaban J connectivity index is 1.90. The SMILES string of the molecule is CC1CSCCN1CCC(=O)c1ccccc1Br. The van der Waals surface area contributed by atoms with Gasteiger partial charge in [-0.15, -0.1) is 0 Å². The Morgan fingerprint density at radius 3 is 3.00 bits per heavy atom. The molecule has 0 radical (unpaired) electrons. The average molecular weight is 328 g/mol. The summed E-state index contributed by atoms with van der Waals surface area (Å²) in [5, 5.41) is 0. The topological polar surface area (TPSA) is 20.3 Å². The van der Waals surface area contributed by atoms with E-state index < -0.39 is 0 Å². The summed E-state index contributed by atoms with van der Waals surface area (Å²) in [5.41, 5.74) is 0.802.